The number of ether oxygens (including phenoxy) is 3. The van der Waals surface area contributed by atoms with E-state index in [0.717, 1.165) is 19.3 Å². The summed E-state index contributed by atoms with van der Waals surface area (Å²) in [6, 6.07) is 12.0. The number of H-pyrrole nitrogens is 1. The molecule has 214 valence electrons. The van der Waals surface area contributed by atoms with Crippen molar-refractivity contribution in [2.24, 2.45) is 0 Å². The average Bonchev–Trinajstić information content (AvgIpc) is 3.47. The Balaban J connectivity index is 1.74. The summed E-state index contributed by atoms with van der Waals surface area (Å²) in [5.41, 5.74) is 1.83. The maximum Gasteiger partial charge on any atom is 0.414 e. The highest BCUT2D eigenvalue weighted by molar-refractivity contribution is 6.04. The van der Waals surface area contributed by atoms with Crippen LogP contribution in [-0.2, 0) is 14.3 Å². The minimum atomic E-state index is -0.675. The molecule has 0 saturated heterocycles. The zero-order valence-corrected chi connectivity index (χ0v) is 23.7. The number of pyridine rings is 1. The van der Waals surface area contributed by atoms with Crippen molar-refractivity contribution in [1.82, 2.24) is 15.2 Å². The lowest BCUT2D eigenvalue weighted by Gasteiger charge is -2.28. The zero-order valence-electron chi connectivity index (χ0n) is 23.7. The summed E-state index contributed by atoms with van der Waals surface area (Å²) in [4.78, 5) is 43.4. The standard InChI is InChI=1S/C29H37N5O6/c1-29(2,3)40-28(37)34(18-9-7-6-8-13-26(35)39-5)20-14-15-23(25(19-20)38-4)32-27(36)24-12-10-11-21(31-24)22-16-17-30-33-22/h10-12,14-17,19H,6-9,13,18H2,1-5H3,(H,30,33)(H,32,36). The highest BCUT2D eigenvalue weighted by Crippen LogP contribution is 2.31. The minimum absolute atomic E-state index is 0.223. The van der Waals surface area contributed by atoms with E-state index in [-0.39, 0.29) is 11.7 Å². The van der Waals surface area contributed by atoms with Gasteiger partial charge in [0.05, 0.1) is 37.0 Å². The summed E-state index contributed by atoms with van der Waals surface area (Å²) in [6.45, 7) is 5.84. The molecule has 0 aliphatic rings. The number of esters is 1. The molecule has 3 rings (SSSR count). The molecule has 2 amide bonds. The van der Waals surface area contributed by atoms with Crippen LogP contribution in [0.4, 0.5) is 16.2 Å². The Hall–Kier alpha value is -4.41. The van der Waals surface area contributed by atoms with Crippen LogP contribution >= 0.6 is 0 Å². The van der Waals surface area contributed by atoms with Crippen molar-refractivity contribution >= 4 is 29.3 Å². The van der Waals surface area contributed by atoms with Gasteiger partial charge < -0.3 is 19.5 Å². The lowest BCUT2D eigenvalue weighted by atomic mass is 10.1. The number of aromatic nitrogens is 3. The first-order valence-corrected chi connectivity index (χ1v) is 13.1. The van der Waals surface area contributed by atoms with Crippen molar-refractivity contribution in [3.63, 3.8) is 0 Å². The van der Waals surface area contributed by atoms with Crippen LogP contribution in [0.15, 0.2) is 48.7 Å². The minimum Gasteiger partial charge on any atom is -0.494 e. The summed E-state index contributed by atoms with van der Waals surface area (Å²) in [5, 5.41) is 9.60. The smallest absolute Gasteiger partial charge is 0.414 e. The molecule has 40 heavy (non-hydrogen) atoms. The Labute approximate surface area is 234 Å². The second-order valence-electron chi connectivity index (χ2n) is 10.1. The molecule has 0 radical (unpaired) electrons. The lowest BCUT2D eigenvalue weighted by Crippen LogP contribution is -2.37. The third kappa shape index (κ3) is 8.82. The van der Waals surface area contributed by atoms with E-state index >= 15 is 0 Å². The number of anilines is 2. The van der Waals surface area contributed by atoms with Gasteiger partial charge in [-0.1, -0.05) is 18.9 Å². The third-order valence-corrected chi connectivity index (χ3v) is 5.86. The molecule has 0 aliphatic heterocycles. The predicted octanol–water partition coefficient (Wildman–Crippen LogP) is 5.60. The average molecular weight is 552 g/mol. The largest absolute Gasteiger partial charge is 0.494 e. The van der Waals surface area contributed by atoms with Gasteiger partial charge in [-0.2, -0.15) is 5.10 Å². The fourth-order valence-electron chi connectivity index (χ4n) is 3.88. The number of benzene rings is 1. The lowest BCUT2D eigenvalue weighted by molar-refractivity contribution is -0.140. The van der Waals surface area contributed by atoms with Gasteiger partial charge in [0.2, 0.25) is 0 Å². The number of carbonyl (C=O) groups is 3. The van der Waals surface area contributed by atoms with Crippen LogP contribution in [-0.4, -0.2) is 59.5 Å². The van der Waals surface area contributed by atoms with Gasteiger partial charge in [-0.05, 0) is 63.9 Å². The van der Waals surface area contributed by atoms with E-state index in [0.29, 0.717) is 47.9 Å². The molecular formula is C29H37N5O6. The first kappa shape index (κ1) is 30.1. The van der Waals surface area contributed by atoms with Gasteiger partial charge in [0.15, 0.2) is 0 Å². The van der Waals surface area contributed by atoms with Gasteiger partial charge >= 0.3 is 12.1 Å². The van der Waals surface area contributed by atoms with Crippen LogP contribution in [0.25, 0.3) is 11.4 Å². The Morgan fingerprint density at radius 2 is 1.77 bits per heavy atom. The molecule has 0 atom stereocenters. The van der Waals surface area contributed by atoms with Gasteiger partial charge in [-0.3, -0.25) is 19.6 Å². The SMILES string of the molecule is COC(=O)CCCCCCN(C(=O)OC(C)(C)C)c1ccc(NC(=O)c2cccc(-c3ccn[nH]3)n2)c(OC)c1. The molecule has 11 heteroatoms. The molecular weight excluding hydrogens is 514 g/mol. The van der Waals surface area contributed by atoms with Crippen LogP contribution < -0.4 is 15.0 Å². The predicted molar refractivity (Wildman–Crippen MR) is 151 cm³/mol. The first-order chi connectivity index (χ1) is 19.1. The number of hydrogen-bond donors (Lipinski definition) is 2. The number of methoxy groups -OCH3 is 2. The van der Waals surface area contributed by atoms with Gasteiger partial charge in [0.25, 0.3) is 5.91 Å². The van der Waals surface area contributed by atoms with Crippen LogP contribution in [0.3, 0.4) is 0 Å². The third-order valence-electron chi connectivity index (χ3n) is 5.86. The molecule has 2 N–H and O–H groups in total. The molecule has 3 aromatic rings. The second-order valence-corrected chi connectivity index (χ2v) is 10.1. The summed E-state index contributed by atoms with van der Waals surface area (Å²) in [6.07, 6.45) is 4.59. The Kier molecular flexibility index (Phi) is 10.6. The number of nitrogens with zero attached hydrogens (tertiary/aromatic N) is 3. The highest BCUT2D eigenvalue weighted by Gasteiger charge is 2.24. The summed E-state index contributed by atoms with van der Waals surface area (Å²) >= 11 is 0. The van der Waals surface area contributed by atoms with E-state index in [2.05, 4.69) is 25.2 Å². The van der Waals surface area contributed by atoms with Crippen LogP contribution in [0, 0.1) is 0 Å². The van der Waals surface area contributed by atoms with E-state index < -0.39 is 17.6 Å². The van der Waals surface area contributed by atoms with E-state index in [4.69, 9.17) is 9.47 Å². The fourth-order valence-corrected chi connectivity index (χ4v) is 3.88. The zero-order chi connectivity index (χ0) is 29.1. The van der Waals surface area contributed by atoms with Crippen molar-refractivity contribution in [1.29, 1.82) is 0 Å². The molecule has 0 spiro atoms. The molecule has 11 nitrogen and oxygen atoms in total. The molecule has 2 aromatic heterocycles. The highest BCUT2D eigenvalue weighted by atomic mass is 16.6. The molecule has 0 bridgehead atoms. The van der Waals surface area contributed by atoms with Crippen molar-refractivity contribution < 1.29 is 28.6 Å². The maximum atomic E-state index is 13.1. The molecule has 2 heterocycles. The fraction of sp³-hybridized carbons (Fsp3) is 0.414. The van der Waals surface area contributed by atoms with E-state index in [9.17, 15) is 14.4 Å². The number of hydrogen-bond acceptors (Lipinski definition) is 8. The summed E-state index contributed by atoms with van der Waals surface area (Å²) in [7, 11) is 2.87. The molecule has 0 saturated carbocycles. The first-order valence-electron chi connectivity index (χ1n) is 13.1. The quantitative estimate of drug-likeness (QED) is 0.219. The van der Waals surface area contributed by atoms with Crippen LogP contribution in [0.5, 0.6) is 5.75 Å². The number of carbonyl (C=O) groups excluding carboxylic acids is 3. The normalized spacial score (nSPS) is 11.0. The van der Waals surface area contributed by atoms with Crippen molar-refractivity contribution in [2.75, 3.05) is 31.0 Å². The molecule has 0 aliphatic carbocycles. The van der Waals surface area contributed by atoms with Gasteiger partial charge in [0.1, 0.15) is 17.0 Å². The van der Waals surface area contributed by atoms with Crippen LogP contribution in [0.1, 0.15) is 63.4 Å². The summed E-state index contributed by atoms with van der Waals surface area (Å²) in [5.74, 6) is -0.262. The summed E-state index contributed by atoms with van der Waals surface area (Å²) < 4.78 is 15.9. The number of nitrogens with one attached hydrogen (secondary N) is 2. The van der Waals surface area contributed by atoms with Gasteiger partial charge in [-0.15, -0.1) is 0 Å². The Bertz CT molecular complexity index is 1290. The Morgan fingerprint density at radius 1 is 1.00 bits per heavy atom. The monoisotopic (exact) mass is 551 g/mol. The molecule has 1 aromatic carbocycles. The van der Waals surface area contributed by atoms with Crippen molar-refractivity contribution in [3.05, 3.63) is 54.4 Å². The number of rotatable bonds is 12. The number of amides is 2. The Morgan fingerprint density at radius 3 is 2.45 bits per heavy atom. The number of aromatic amines is 1. The van der Waals surface area contributed by atoms with Crippen LogP contribution in [0.2, 0.25) is 0 Å². The molecule has 0 fully saturated rings. The van der Waals surface area contributed by atoms with E-state index in [1.807, 2.05) is 20.8 Å². The van der Waals surface area contributed by atoms with Gasteiger partial charge in [-0.25, -0.2) is 9.78 Å². The number of unbranched alkanes of at least 4 members (excludes halogenated alkanes) is 3. The van der Waals surface area contributed by atoms with Crippen molar-refractivity contribution in [3.8, 4) is 17.1 Å². The van der Waals surface area contributed by atoms with Crippen molar-refractivity contribution in [2.45, 2.75) is 58.5 Å². The van der Waals surface area contributed by atoms with Gasteiger partial charge in [0, 0.05) is 25.2 Å². The van der Waals surface area contributed by atoms with E-state index in [1.54, 1.807) is 53.6 Å². The van der Waals surface area contributed by atoms with E-state index in [1.165, 1.54) is 14.2 Å². The molecule has 0 unspecified atom stereocenters. The topological polar surface area (TPSA) is 136 Å². The maximum absolute atomic E-state index is 13.1. The second kappa shape index (κ2) is 14.1.